The Balaban J connectivity index is 2.55. The maximum atomic E-state index is 5.78. The average Bonchev–Trinajstić information content (AvgIpc) is 2.61. The van der Waals surface area contributed by atoms with Crippen molar-refractivity contribution in [2.75, 3.05) is 26.2 Å². The maximum Gasteiger partial charge on any atom is 0.0703 e. The lowest BCUT2D eigenvalue weighted by molar-refractivity contribution is 0.0602. The first kappa shape index (κ1) is 12.9. The van der Waals surface area contributed by atoms with Crippen LogP contribution in [-0.2, 0) is 4.74 Å². The summed E-state index contributed by atoms with van der Waals surface area (Å²) in [5, 5.41) is 0. The first-order valence-electron chi connectivity index (χ1n) is 6.06. The molecule has 0 spiro atoms. The van der Waals surface area contributed by atoms with E-state index in [1.807, 2.05) is 0 Å². The number of nitrogens with zero attached hydrogens (tertiary/aromatic N) is 1. The van der Waals surface area contributed by atoms with Gasteiger partial charge in [-0.05, 0) is 31.8 Å². The zero-order valence-electron chi connectivity index (χ0n) is 10.6. The van der Waals surface area contributed by atoms with E-state index in [1.165, 1.54) is 0 Å². The lowest BCUT2D eigenvalue weighted by Gasteiger charge is -2.36. The molecule has 2 N–H and O–H groups in total. The van der Waals surface area contributed by atoms with Crippen molar-refractivity contribution >= 4 is 0 Å². The third-order valence-corrected chi connectivity index (χ3v) is 3.40. The van der Waals surface area contributed by atoms with E-state index in [9.17, 15) is 0 Å². The summed E-state index contributed by atoms with van der Waals surface area (Å²) in [6.45, 7) is 12.7. The van der Waals surface area contributed by atoms with Crippen LogP contribution in [0.1, 0.15) is 34.1 Å². The molecule has 1 rings (SSSR count). The van der Waals surface area contributed by atoms with Crippen LogP contribution in [-0.4, -0.2) is 43.3 Å². The van der Waals surface area contributed by atoms with Crippen LogP contribution < -0.4 is 5.73 Å². The first-order chi connectivity index (χ1) is 7.00. The molecule has 1 heterocycles. The molecular weight excluding hydrogens is 188 g/mol. The van der Waals surface area contributed by atoms with E-state index in [0.717, 1.165) is 32.7 Å². The minimum Gasteiger partial charge on any atom is -0.377 e. The van der Waals surface area contributed by atoms with Gasteiger partial charge in [-0.3, -0.25) is 4.90 Å². The molecule has 0 aromatic carbocycles. The number of ether oxygens (including phenoxy) is 1. The Labute approximate surface area is 94.0 Å². The molecule has 0 radical (unpaired) electrons. The molecule has 1 aliphatic rings. The predicted molar refractivity (Wildman–Crippen MR) is 63.9 cm³/mol. The average molecular weight is 214 g/mol. The number of likely N-dealkylation sites (N-methyl/N-ethyl adjacent to an activating group) is 1. The number of hydrogen-bond donors (Lipinski definition) is 1. The molecule has 1 fully saturated rings. The largest absolute Gasteiger partial charge is 0.377 e. The molecule has 1 aliphatic heterocycles. The molecule has 0 aliphatic carbocycles. The molecule has 1 saturated heterocycles. The minimum atomic E-state index is 0.207. The van der Waals surface area contributed by atoms with Crippen molar-refractivity contribution in [3.63, 3.8) is 0 Å². The molecule has 2 unspecified atom stereocenters. The third-order valence-electron chi connectivity index (χ3n) is 3.40. The van der Waals surface area contributed by atoms with Gasteiger partial charge in [-0.2, -0.15) is 0 Å². The minimum absolute atomic E-state index is 0.207. The van der Waals surface area contributed by atoms with Crippen LogP contribution in [0.5, 0.6) is 0 Å². The molecule has 3 nitrogen and oxygen atoms in total. The Morgan fingerprint density at radius 3 is 2.53 bits per heavy atom. The standard InChI is InChI=1S/C12H26N2O/c1-5-14(9-12(3,4)8-13)11-6-7-15-10(11)2/h10-11H,5-9,13H2,1-4H3. The molecule has 3 heteroatoms. The van der Waals surface area contributed by atoms with Gasteiger partial charge in [0.2, 0.25) is 0 Å². The van der Waals surface area contributed by atoms with Crippen molar-refractivity contribution in [3.8, 4) is 0 Å². The summed E-state index contributed by atoms with van der Waals surface area (Å²) in [7, 11) is 0. The van der Waals surface area contributed by atoms with E-state index in [2.05, 4.69) is 32.6 Å². The summed E-state index contributed by atoms with van der Waals surface area (Å²) >= 11 is 0. The molecule has 0 aromatic rings. The number of nitrogens with two attached hydrogens (primary N) is 1. The second-order valence-electron chi connectivity index (χ2n) is 5.36. The van der Waals surface area contributed by atoms with Crippen molar-refractivity contribution < 1.29 is 4.74 Å². The van der Waals surface area contributed by atoms with Crippen molar-refractivity contribution in [2.24, 2.45) is 11.1 Å². The summed E-state index contributed by atoms with van der Waals surface area (Å²) in [5.74, 6) is 0. The van der Waals surface area contributed by atoms with E-state index in [1.54, 1.807) is 0 Å². The van der Waals surface area contributed by atoms with Crippen LogP contribution in [0.2, 0.25) is 0 Å². The quantitative estimate of drug-likeness (QED) is 0.753. The third kappa shape index (κ3) is 3.44. The summed E-state index contributed by atoms with van der Waals surface area (Å²) in [4.78, 5) is 2.52. The van der Waals surface area contributed by atoms with Crippen LogP contribution in [0.3, 0.4) is 0 Å². The van der Waals surface area contributed by atoms with E-state index in [-0.39, 0.29) is 5.41 Å². The van der Waals surface area contributed by atoms with Gasteiger partial charge in [0.1, 0.15) is 0 Å². The highest BCUT2D eigenvalue weighted by Gasteiger charge is 2.31. The fraction of sp³-hybridized carbons (Fsp3) is 1.00. The number of hydrogen-bond acceptors (Lipinski definition) is 3. The van der Waals surface area contributed by atoms with Gasteiger partial charge < -0.3 is 10.5 Å². The fourth-order valence-electron chi connectivity index (χ4n) is 2.28. The highest BCUT2D eigenvalue weighted by atomic mass is 16.5. The normalized spacial score (nSPS) is 27.6. The van der Waals surface area contributed by atoms with Crippen molar-refractivity contribution in [1.82, 2.24) is 4.90 Å². The summed E-state index contributed by atoms with van der Waals surface area (Å²) < 4.78 is 5.62. The van der Waals surface area contributed by atoms with Gasteiger partial charge in [-0.15, -0.1) is 0 Å². The lowest BCUT2D eigenvalue weighted by atomic mass is 9.92. The fourth-order valence-corrected chi connectivity index (χ4v) is 2.28. The summed E-state index contributed by atoms with van der Waals surface area (Å²) in [6, 6.07) is 0.584. The van der Waals surface area contributed by atoms with E-state index in [0.29, 0.717) is 12.1 Å². The van der Waals surface area contributed by atoms with Crippen LogP contribution in [0.25, 0.3) is 0 Å². The summed E-state index contributed by atoms with van der Waals surface area (Å²) in [6.07, 6.45) is 1.54. The van der Waals surface area contributed by atoms with Gasteiger partial charge in [-0.1, -0.05) is 20.8 Å². The molecule has 15 heavy (non-hydrogen) atoms. The molecule has 2 atom stereocenters. The first-order valence-corrected chi connectivity index (χ1v) is 6.06. The molecule has 0 saturated carbocycles. The van der Waals surface area contributed by atoms with Crippen LogP contribution in [0.4, 0.5) is 0 Å². The molecule has 0 aromatic heterocycles. The summed E-state index contributed by atoms with van der Waals surface area (Å²) in [5.41, 5.74) is 5.99. The Morgan fingerprint density at radius 2 is 2.13 bits per heavy atom. The Bertz CT molecular complexity index is 194. The van der Waals surface area contributed by atoms with Gasteiger partial charge in [0.25, 0.3) is 0 Å². The smallest absolute Gasteiger partial charge is 0.0703 e. The monoisotopic (exact) mass is 214 g/mol. The Hall–Kier alpha value is -0.120. The Morgan fingerprint density at radius 1 is 1.47 bits per heavy atom. The van der Waals surface area contributed by atoms with E-state index < -0.39 is 0 Å². The van der Waals surface area contributed by atoms with E-state index in [4.69, 9.17) is 10.5 Å². The van der Waals surface area contributed by atoms with Gasteiger partial charge in [-0.25, -0.2) is 0 Å². The zero-order chi connectivity index (χ0) is 11.5. The van der Waals surface area contributed by atoms with Gasteiger partial charge in [0.05, 0.1) is 6.10 Å². The van der Waals surface area contributed by atoms with Crippen LogP contribution in [0.15, 0.2) is 0 Å². The second-order valence-corrected chi connectivity index (χ2v) is 5.36. The lowest BCUT2D eigenvalue weighted by Crippen LogP contribution is -2.46. The second kappa shape index (κ2) is 5.28. The van der Waals surface area contributed by atoms with Crippen molar-refractivity contribution in [3.05, 3.63) is 0 Å². The highest BCUT2D eigenvalue weighted by Crippen LogP contribution is 2.23. The topological polar surface area (TPSA) is 38.5 Å². The van der Waals surface area contributed by atoms with Gasteiger partial charge >= 0.3 is 0 Å². The highest BCUT2D eigenvalue weighted by molar-refractivity contribution is 4.85. The van der Waals surface area contributed by atoms with Crippen LogP contribution in [0, 0.1) is 5.41 Å². The van der Waals surface area contributed by atoms with Gasteiger partial charge in [0, 0.05) is 19.2 Å². The van der Waals surface area contributed by atoms with Gasteiger partial charge in [0.15, 0.2) is 0 Å². The zero-order valence-corrected chi connectivity index (χ0v) is 10.6. The molecule has 90 valence electrons. The maximum absolute atomic E-state index is 5.78. The number of rotatable bonds is 5. The van der Waals surface area contributed by atoms with Crippen molar-refractivity contribution in [2.45, 2.75) is 46.3 Å². The van der Waals surface area contributed by atoms with Crippen LogP contribution >= 0.6 is 0 Å². The van der Waals surface area contributed by atoms with Crippen molar-refractivity contribution in [1.29, 1.82) is 0 Å². The predicted octanol–water partition coefficient (Wildman–Crippen LogP) is 1.47. The van der Waals surface area contributed by atoms with E-state index >= 15 is 0 Å². The Kier molecular flexibility index (Phi) is 4.56. The molecule has 0 bridgehead atoms. The molecular formula is C12H26N2O. The molecule has 0 amide bonds. The SMILES string of the molecule is CCN(CC(C)(C)CN)C1CCOC1C.